The van der Waals surface area contributed by atoms with Gasteiger partial charge in [-0.3, -0.25) is 0 Å². The fraction of sp³-hybridized carbons (Fsp3) is 1.00. The van der Waals surface area contributed by atoms with Gasteiger partial charge in [-0.15, -0.1) is 0 Å². The molecule has 0 aromatic heterocycles. The average Bonchev–Trinajstić information content (AvgIpc) is 2.75. The summed E-state index contributed by atoms with van der Waals surface area (Å²) >= 11 is 0. The lowest BCUT2D eigenvalue weighted by Gasteiger charge is -2.41. The molecule has 0 bridgehead atoms. The third kappa shape index (κ3) is 4.22. The normalized spacial score (nSPS) is 25.3. The number of nitrogens with one attached hydrogen (secondary N) is 1. The van der Waals surface area contributed by atoms with Gasteiger partial charge in [0.2, 0.25) is 0 Å². The molecule has 0 aromatic rings. The highest BCUT2D eigenvalue weighted by molar-refractivity contribution is 4.91. The zero-order valence-corrected chi connectivity index (χ0v) is 13.2. The van der Waals surface area contributed by atoms with E-state index in [2.05, 4.69) is 51.9 Å². The summed E-state index contributed by atoms with van der Waals surface area (Å²) < 4.78 is 5.67. The van der Waals surface area contributed by atoms with Crippen molar-refractivity contribution in [2.45, 2.75) is 59.0 Å². The second-order valence-electron chi connectivity index (χ2n) is 6.86. The predicted octanol–water partition coefficient (Wildman–Crippen LogP) is 2.51. The Morgan fingerprint density at radius 2 is 2.06 bits per heavy atom. The first kappa shape index (κ1) is 15.9. The minimum atomic E-state index is 0.271. The average molecular weight is 256 g/mol. The van der Waals surface area contributed by atoms with E-state index in [4.69, 9.17) is 4.74 Å². The Balaban J connectivity index is 2.62. The van der Waals surface area contributed by atoms with Crippen LogP contribution in [0.4, 0.5) is 0 Å². The van der Waals surface area contributed by atoms with E-state index in [0.29, 0.717) is 11.5 Å². The van der Waals surface area contributed by atoms with Crippen molar-refractivity contribution in [1.29, 1.82) is 0 Å². The first-order chi connectivity index (χ1) is 8.31. The maximum atomic E-state index is 5.67. The Hall–Kier alpha value is -0.120. The van der Waals surface area contributed by atoms with Crippen molar-refractivity contribution in [1.82, 2.24) is 10.2 Å². The van der Waals surface area contributed by atoms with E-state index in [-0.39, 0.29) is 5.54 Å². The van der Waals surface area contributed by atoms with Gasteiger partial charge >= 0.3 is 0 Å². The molecular weight excluding hydrogens is 224 g/mol. The summed E-state index contributed by atoms with van der Waals surface area (Å²) in [6.45, 7) is 15.3. The van der Waals surface area contributed by atoms with Crippen molar-refractivity contribution >= 4 is 0 Å². The minimum Gasteiger partial charge on any atom is -0.381 e. The lowest BCUT2D eigenvalue weighted by molar-refractivity contribution is 0.0661. The molecule has 1 saturated heterocycles. The van der Waals surface area contributed by atoms with Crippen molar-refractivity contribution in [3.8, 4) is 0 Å². The molecule has 18 heavy (non-hydrogen) atoms. The molecule has 1 unspecified atom stereocenters. The van der Waals surface area contributed by atoms with Crippen molar-refractivity contribution in [3.63, 3.8) is 0 Å². The number of hydrogen-bond donors (Lipinski definition) is 1. The summed E-state index contributed by atoms with van der Waals surface area (Å²) in [4.78, 5) is 2.50. The fourth-order valence-corrected chi connectivity index (χ4v) is 2.38. The van der Waals surface area contributed by atoms with Gasteiger partial charge in [-0.25, -0.2) is 0 Å². The van der Waals surface area contributed by atoms with Crippen molar-refractivity contribution in [2.24, 2.45) is 5.41 Å². The van der Waals surface area contributed by atoms with Gasteiger partial charge in [-0.05, 0) is 33.7 Å². The standard InChI is InChI=1S/C15H32N2O/c1-7-14(4,5)17(6)11-15(8-9-18-12-15)10-16-13(2)3/h13,16H,7-12H2,1-6H3. The topological polar surface area (TPSA) is 24.5 Å². The Morgan fingerprint density at radius 3 is 2.50 bits per heavy atom. The lowest BCUT2D eigenvalue weighted by atomic mass is 9.84. The van der Waals surface area contributed by atoms with E-state index in [0.717, 1.165) is 26.3 Å². The monoisotopic (exact) mass is 256 g/mol. The Labute approximate surface area is 113 Å². The number of rotatable bonds is 7. The molecule has 1 aliphatic rings. The Bertz CT molecular complexity index is 245. The molecule has 1 atom stereocenters. The van der Waals surface area contributed by atoms with Crippen LogP contribution in [0.3, 0.4) is 0 Å². The van der Waals surface area contributed by atoms with Crippen LogP contribution in [-0.2, 0) is 4.74 Å². The summed E-state index contributed by atoms with van der Waals surface area (Å²) in [6.07, 6.45) is 2.36. The molecule has 0 saturated carbocycles. The van der Waals surface area contributed by atoms with Crippen LogP contribution in [0.1, 0.15) is 47.5 Å². The summed E-state index contributed by atoms with van der Waals surface area (Å²) in [7, 11) is 2.25. The van der Waals surface area contributed by atoms with Gasteiger partial charge in [0.1, 0.15) is 0 Å². The van der Waals surface area contributed by atoms with Gasteiger partial charge in [-0.1, -0.05) is 20.8 Å². The van der Waals surface area contributed by atoms with Crippen LogP contribution >= 0.6 is 0 Å². The zero-order valence-electron chi connectivity index (χ0n) is 13.2. The van der Waals surface area contributed by atoms with Crippen LogP contribution in [0.25, 0.3) is 0 Å². The Kier molecular flexibility index (Phi) is 5.63. The van der Waals surface area contributed by atoms with Crippen molar-refractivity contribution < 1.29 is 4.74 Å². The quantitative estimate of drug-likeness (QED) is 0.757. The number of ether oxygens (including phenoxy) is 1. The smallest absolute Gasteiger partial charge is 0.0547 e. The highest BCUT2D eigenvalue weighted by Gasteiger charge is 2.38. The molecule has 0 aromatic carbocycles. The van der Waals surface area contributed by atoms with Gasteiger partial charge in [0.25, 0.3) is 0 Å². The number of hydrogen-bond acceptors (Lipinski definition) is 3. The van der Waals surface area contributed by atoms with Crippen molar-refractivity contribution in [2.75, 3.05) is 33.4 Å². The second-order valence-corrected chi connectivity index (χ2v) is 6.86. The maximum absolute atomic E-state index is 5.67. The first-order valence-corrected chi connectivity index (χ1v) is 7.34. The van der Waals surface area contributed by atoms with Gasteiger partial charge in [0.15, 0.2) is 0 Å². The molecule has 1 rings (SSSR count). The highest BCUT2D eigenvalue weighted by Crippen LogP contribution is 2.31. The van der Waals surface area contributed by atoms with Gasteiger partial charge in [0, 0.05) is 36.7 Å². The van der Waals surface area contributed by atoms with Crippen LogP contribution in [0.2, 0.25) is 0 Å². The molecule has 0 aliphatic carbocycles. The molecule has 108 valence electrons. The largest absolute Gasteiger partial charge is 0.381 e. The minimum absolute atomic E-state index is 0.271. The maximum Gasteiger partial charge on any atom is 0.0547 e. The van der Waals surface area contributed by atoms with E-state index in [1.807, 2.05) is 0 Å². The third-order valence-corrected chi connectivity index (χ3v) is 4.54. The summed E-state index contributed by atoms with van der Waals surface area (Å²) in [5, 5.41) is 3.60. The molecule has 0 radical (unpaired) electrons. The molecule has 3 nitrogen and oxygen atoms in total. The molecule has 0 spiro atoms. The van der Waals surface area contributed by atoms with E-state index in [1.54, 1.807) is 0 Å². The van der Waals surface area contributed by atoms with Crippen LogP contribution in [0, 0.1) is 5.41 Å². The van der Waals surface area contributed by atoms with Gasteiger partial charge < -0.3 is 15.0 Å². The second kappa shape index (κ2) is 6.36. The summed E-state index contributed by atoms with van der Waals surface area (Å²) in [5.74, 6) is 0. The lowest BCUT2D eigenvalue weighted by Crippen LogP contribution is -2.51. The van der Waals surface area contributed by atoms with E-state index in [1.165, 1.54) is 12.8 Å². The zero-order chi connectivity index (χ0) is 13.8. The SMILES string of the molecule is CCC(C)(C)N(C)CC1(CNC(C)C)CCOC1. The predicted molar refractivity (Wildman–Crippen MR) is 78.0 cm³/mol. The van der Waals surface area contributed by atoms with Crippen LogP contribution in [-0.4, -0.2) is 49.8 Å². The van der Waals surface area contributed by atoms with E-state index < -0.39 is 0 Å². The fourth-order valence-electron chi connectivity index (χ4n) is 2.38. The molecule has 1 N–H and O–H groups in total. The highest BCUT2D eigenvalue weighted by atomic mass is 16.5. The van der Waals surface area contributed by atoms with Crippen LogP contribution in [0.15, 0.2) is 0 Å². The molecule has 1 aliphatic heterocycles. The third-order valence-electron chi connectivity index (χ3n) is 4.54. The van der Waals surface area contributed by atoms with Crippen LogP contribution < -0.4 is 5.32 Å². The molecule has 1 heterocycles. The molecule has 3 heteroatoms. The summed E-state index contributed by atoms with van der Waals surface area (Å²) in [6, 6.07) is 0.548. The van der Waals surface area contributed by atoms with E-state index in [9.17, 15) is 0 Å². The molecular formula is C15H32N2O. The first-order valence-electron chi connectivity index (χ1n) is 7.34. The van der Waals surface area contributed by atoms with Crippen molar-refractivity contribution in [3.05, 3.63) is 0 Å². The molecule has 1 fully saturated rings. The number of nitrogens with zero attached hydrogens (tertiary/aromatic N) is 1. The van der Waals surface area contributed by atoms with Crippen LogP contribution in [0.5, 0.6) is 0 Å². The molecule has 0 amide bonds. The summed E-state index contributed by atoms with van der Waals surface area (Å²) in [5.41, 5.74) is 0.568. The Morgan fingerprint density at radius 1 is 1.39 bits per heavy atom. The van der Waals surface area contributed by atoms with E-state index >= 15 is 0 Å². The van der Waals surface area contributed by atoms with Gasteiger partial charge in [-0.2, -0.15) is 0 Å². The van der Waals surface area contributed by atoms with Gasteiger partial charge in [0.05, 0.1) is 6.61 Å².